The Morgan fingerprint density at radius 2 is 2.17 bits per heavy atom. The summed E-state index contributed by atoms with van der Waals surface area (Å²) in [6.45, 7) is 0.451. The second-order valence-corrected chi connectivity index (χ2v) is 5.16. The van der Waals surface area contributed by atoms with E-state index in [0.29, 0.717) is 19.4 Å². The van der Waals surface area contributed by atoms with E-state index in [9.17, 15) is 13.2 Å². The van der Waals surface area contributed by atoms with Crippen LogP contribution in [0.3, 0.4) is 0 Å². The highest BCUT2D eigenvalue weighted by molar-refractivity contribution is 7.91. The Hall–Kier alpha value is -0.780. The second-order valence-electron chi connectivity index (χ2n) is 2.96. The van der Waals surface area contributed by atoms with Crippen molar-refractivity contribution in [3.8, 4) is 0 Å². The lowest BCUT2D eigenvalue weighted by Gasteiger charge is -2.20. The first-order chi connectivity index (χ1) is 5.43. The fourth-order valence-electron chi connectivity index (χ4n) is 1.43. The number of amides is 2. The van der Waals surface area contributed by atoms with Gasteiger partial charge in [0.1, 0.15) is 5.37 Å². The molecule has 70 valence electrons. The molecule has 0 bridgehead atoms. The van der Waals surface area contributed by atoms with Gasteiger partial charge in [0.15, 0.2) is 9.84 Å². The molecule has 1 aliphatic rings. The summed E-state index contributed by atoms with van der Waals surface area (Å²) in [7, 11) is -3.17. The number of urea groups is 1. The van der Waals surface area contributed by atoms with Gasteiger partial charge in [-0.25, -0.2) is 13.2 Å². The van der Waals surface area contributed by atoms with Crippen LogP contribution in [0, 0.1) is 0 Å². The van der Waals surface area contributed by atoms with Gasteiger partial charge < -0.3 is 10.6 Å². The molecule has 0 aromatic heterocycles. The number of carbonyl (C=O) groups is 1. The van der Waals surface area contributed by atoms with E-state index in [1.807, 2.05) is 0 Å². The number of hydrogen-bond acceptors (Lipinski definition) is 3. The maximum Gasteiger partial charge on any atom is 0.315 e. The van der Waals surface area contributed by atoms with E-state index in [4.69, 9.17) is 5.73 Å². The number of carbonyl (C=O) groups excluding carboxylic acids is 1. The van der Waals surface area contributed by atoms with Crippen LogP contribution in [-0.4, -0.2) is 37.5 Å². The summed E-state index contributed by atoms with van der Waals surface area (Å²) in [6, 6.07) is -0.650. The van der Waals surface area contributed by atoms with Crippen molar-refractivity contribution in [2.45, 2.75) is 18.2 Å². The predicted molar refractivity (Wildman–Crippen MR) is 44.2 cm³/mol. The van der Waals surface area contributed by atoms with Crippen molar-refractivity contribution >= 4 is 15.9 Å². The Bertz CT molecular complexity index is 285. The Labute approximate surface area is 71.4 Å². The first-order valence-electron chi connectivity index (χ1n) is 3.68. The van der Waals surface area contributed by atoms with Crippen LogP contribution in [0.5, 0.6) is 0 Å². The average molecular weight is 192 g/mol. The summed E-state index contributed by atoms with van der Waals surface area (Å²) < 4.78 is 22.2. The Balaban J connectivity index is 2.85. The van der Waals surface area contributed by atoms with Crippen LogP contribution >= 0.6 is 0 Å². The maximum atomic E-state index is 11.1. The molecule has 1 saturated heterocycles. The van der Waals surface area contributed by atoms with Crippen LogP contribution < -0.4 is 5.73 Å². The van der Waals surface area contributed by atoms with E-state index in [0.717, 1.165) is 6.26 Å². The normalized spacial score (nSPS) is 24.4. The van der Waals surface area contributed by atoms with Gasteiger partial charge in [0, 0.05) is 12.8 Å². The molecule has 12 heavy (non-hydrogen) atoms. The van der Waals surface area contributed by atoms with Gasteiger partial charge in [-0.1, -0.05) is 0 Å². The number of hydrogen-bond donors (Lipinski definition) is 1. The van der Waals surface area contributed by atoms with Crippen molar-refractivity contribution in [1.82, 2.24) is 4.90 Å². The summed E-state index contributed by atoms with van der Waals surface area (Å²) in [6.07, 6.45) is 2.33. The zero-order valence-corrected chi connectivity index (χ0v) is 7.67. The number of likely N-dealkylation sites (tertiary alicyclic amines) is 1. The monoisotopic (exact) mass is 192 g/mol. The van der Waals surface area contributed by atoms with Crippen molar-refractivity contribution in [3.63, 3.8) is 0 Å². The molecule has 1 unspecified atom stereocenters. The lowest BCUT2D eigenvalue weighted by atomic mass is 10.4. The van der Waals surface area contributed by atoms with Gasteiger partial charge in [-0.05, 0) is 12.8 Å². The first kappa shape index (κ1) is 9.31. The van der Waals surface area contributed by atoms with E-state index < -0.39 is 21.2 Å². The molecule has 1 fully saturated rings. The molecule has 0 aromatic carbocycles. The molecule has 0 saturated carbocycles. The SMILES string of the molecule is CS(=O)(=O)C1CCCN1C(N)=O. The largest absolute Gasteiger partial charge is 0.351 e. The van der Waals surface area contributed by atoms with Gasteiger partial charge in [-0.3, -0.25) is 0 Å². The van der Waals surface area contributed by atoms with E-state index in [2.05, 4.69) is 0 Å². The molecule has 5 nitrogen and oxygen atoms in total. The highest BCUT2D eigenvalue weighted by atomic mass is 32.2. The second kappa shape index (κ2) is 2.93. The fourth-order valence-corrected chi connectivity index (χ4v) is 2.70. The Kier molecular flexibility index (Phi) is 2.27. The molecule has 0 radical (unpaired) electrons. The zero-order valence-electron chi connectivity index (χ0n) is 6.86. The van der Waals surface area contributed by atoms with Crippen molar-refractivity contribution < 1.29 is 13.2 Å². The van der Waals surface area contributed by atoms with Crippen LogP contribution in [0.1, 0.15) is 12.8 Å². The smallest absolute Gasteiger partial charge is 0.315 e. The molecule has 0 spiro atoms. The molecule has 6 heteroatoms. The molecular formula is C6H12N2O3S. The molecular weight excluding hydrogens is 180 g/mol. The molecule has 2 N–H and O–H groups in total. The average Bonchev–Trinajstić information content (AvgIpc) is 2.30. The minimum absolute atomic E-state index is 0.451. The number of nitrogens with two attached hydrogens (primary N) is 1. The Morgan fingerprint density at radius 1 is 1.58 bits per heavy atom. The van der Waals surface area contributed by atoms with E-state index >= 15 is 0 Å². The summed E-state index contributed by atoms with van der Waals surface area (Å²) in [5, 5.41) is -0.699. The summed E-state index contributed by atoms with van der Waals surface area (Å²) in [4.78, 5) is 11.9. The van der Waals surface area contributed by atoms with Crippen LogP contribution in [-0.2, 0) is 9.84 Å². The Morgan fingerprint density at radius 3 is 2.50 bits per heavy atom. The molecule has 0 aromatic rings. The third-order valence-electron chi connectivity index (χ3n) is 1.98. The zero-order chi connectivity index (χ0) is 9.35. The van der Waals surface area contributed by atoms with Crippen LogP contribution in [0.15, 0.2) is 0 Å². The molecule has 0 aliphatic carbocycles. The minimum atomic E-state index is -3.17. The molecule has 2 amide bonds. The van der Waals surface area contributed by atoms with Crippen molar-refractivity contribution in [3.05, 3.63) is 0 Å². The van der Waals surface area contributed by atoms with E-state index in [-0.39, 0.29) is 0 Å². The molecule has 1 heterocycles. The third kappa shape index (κ3) is 1.69. The highest BCUT2D eigenvalue weighted by Gasteiger charge is 2.34. The minimum Gasteiger partial charge on any atom is -0.351 e. The van der Waals surface area contributed by atoms with Gasteiger partial charge in [-0.2, -0.15) is 0 Å². The fraction of sp³-hybridized carbons (Fsp3) is 0.833. The van der Waals surface area contributed by atoms with Gasteiger partial charge in [0.25, 0.3) is 0 Å². The predicted octanol–water partition coefficient (Wildman–Crippen LogP) is -0.468. The summed E-state index contributed by atoms with van der Waals surface area (Å²) >= 11 is 0. The van der Waals surface area contributed by atoms with Gasteiger partial charge in [0.05, 0.1) is 0 Å². The number of rotatable bonds is 1. The standard InChI is InChI=1S/C6H12N2O3S/c1-12(10,11)5-3-2-4-8(5)6(7)9/h5H,2-4H2,1H3,(H2,7,9). The van der Waals surface area contributed by atoms with Crippen LogP contribution in [0.4, 0.5) is 4.79 Å². The third-order valence-corrected chi connectivity index (χ3v) is 3.45. The van der Waals surface area contributed by atoms with Gasteiger partial charge in [-0.15, -0.1) is 0 Å². The summed E-state index contributed by atoms with van der Waals surface area (Å²) in [5.74, 6) is 0. The lowest BCUT2D eigenvalue weighted by molar-refractivity contribution is 0.213. The van der Waals surface area contributed by atoms with Crippen LogP contribution in [0.2, 0.25) is 0 Å². The van der Waals surface area contributed by atoms with Gasteiger partial charge >= 0.3 is 6.03 Å². The van der Waals surface area contributed by atoms with E-state index in [1.54, 1.807) is 0 Å². The molecule has 1 aliphatic heterocycles. The summed E-state index contributed by atoms with van der Waals surface area (Å²) in [5.41, 5.74) is 5.01. The number of nitrogens with zero attached hydrogens (tertiary/aromatic N) is 1. The highest BCUT2D eigenvalue weighted by Crippen LogP contribution is 2.20. The maximum absolute atomic E-state index is 11.1. The lowest BCUT2D eigenvalue weighted by Crippen LogP contribution is -2.43. The van der Waals surface area contributed by atoms with Crippen molar-refractivity contribution in [1.29, 1.82) is 0 Å². The number of primary amides is 1. The van der Waals surface area contributed by atoms with E-state index in [1.165, 1.54) is 4.90 Å². The van der Waals surface area contributed by atoms with Crippen LogP contribution in [0.25, 0.3) is 0 Å². The van der Waals surface area contributed by atoms with Crippen molar-refractivity contribution in [2.75, 3.05) is 12.8 Å². The molecule has 1 atom stereocenters. The van der Waals surface area contributed by atoms with Gasteiger partial charge in [0.2, 0.25) is 0 Å². The molecule has 1 rings (SSSR count). The number of sulfone groups is 1. The topological polar surface area (TPSA) is 80.5 Å². The van der Waals surface area contributed by atoms with Crippen molar-refractivity contribution in [2.24, 2.45) is 5.73 Å². The first-order valence-corrected chi connectivity index (χ1v) is 5.63. The quantitative estimate of drug-likeness (QED) is 0.610.